The predicted molar refractivity (Wildman–Crippen MR) is 94.8 cm³/mol. The van der Waals surface area contributed by atoms with Crippen LogP contribution in [0.15, 0.2) is 54.6 Å². The van der Waals surface area contributed by atoms with Gasteiger partial charge in [0.2, 0.25) is 0 Å². The molecule has 0 fully saturated rings. The number of benzene rings is 2. The van der Waals surface area contributed by atoms with Gasteiger partial charge in [-0.25, -0.2) is 4.98 Å². The largest absolute Gasteiger partial charge is 0.497 e. The number of allylic oxidation sites excluding steroid dienone is 1. The molecule has 0 aliphatic heterocycles. The number of fused-ring (bicyclic) bond motifs is 1. The topological polar surface area (TPSA) is 53.1 Å². The van der Waals surface area contributed by atoms with E-state index in [2.05, 4.69) is 29.3 Å². The predicted octanol–water partition coefficient (Wildman–Crippen LogP) is 3.79. The second-order valence-corrected chi connectivity index (χ2v) is 5.81. The molecule has 3 aromatic rings. The average Bonchev–Trinajstić information content (AvgIpc) is 2.87. The van der Waals surface area contributed by atoms with Crippen molar-refractivity contribution in [2.75, 3.05) is 12.8 Å². The summed E-state index contributed by atoms with van der Waals surface area (Å²) in [4.78, 5) is 4.77. The minimum absolute atomic E-state index is 0.707. The van der Waals surface area contributed by atoms with Crippen molar-refractivity contribution in [3.05, 3.63) is 66.0 Å². The van der Waals surface area contributed by atoms with E-state index in [1.54, 1.807) is 7.11 Å². The van der Waals surface area contributed by atoms with Crippen LogP contribution < -0.4 is 10.5 Å². The van der Waals surface area contributed by atoms with Gasteiger partial charge in [0.15, 0.2) is 0 Å². The van der Waals surface area contributed by atoms with Gasteiger partial charge in [-0.2, -0.15) is 0 Å². The molecule has 4 heteroatoms. The maximum absolute atomic E-state index is 6.09. The number of para-hydroxylation sites is 1. The second-order valence-electron chi connectivity index (χ2n) is 5.81. The fraction of sp³-hybridized carbons (Fsp3) is 0.211. The third kappa shape index (κ3) is 3.06. The molecule has 0 unspecified atom stereocenters. The average molecular weight is 307 g/mol. The van der Waals surface area contributed by atoms with Crippen molar-refractivity contribution in [2.45, 2.75) is 19.9 Å². The standard InChI is InChI=1S/C19H21N3O/c1-13(2)12-22-17-6-4-5-16(20)19(17)21-18(22)11-14-7-9-15(23-3)10-8-14/h4-10H,1,11-12,20H2,2-3H3. The molecule has 0 radical (unpaired) electrons. The first-order valence-corrected chi connectivity index (χ1v) is 7.59. The summed E-state index contributed by atoms with van der Waals surface area (Å²) < 4.78 is 7.40. The molecule has 0 saturated heterocycles. The maximum atomic E-state index is 6.09. The Hall–Kier alpha value is -2.75. The molecule has 2 N–H and O–H groups in total. The molecule has 23 heavy (non-hydrogen) atoms. The number of rotatable bonds is 5. The summed E-state index contributed by atoms with van der Waals surface area (Å²) in [5, 5.41) is 0. The van der Waals surface area contributed by atoms with E-state index < -0.39 is 0 Å². The fourth-order valence-electron chi connectivity index (χ4n) is 2.72. The highest BCUT2D eigenvalue weighted by molar-refractivity contribution is 5.87. The number of imidazole rings is 1. The molecule has 0 atom stereocenters. The fourth-order valence-corrected chi connectivity index (χ4v) is 2.72. The van der Waals surface area contributed by atoms with Crippen LogP contribution in [-0.2, 0) is 13.0 Å². The molecule has 0 aliphatic rings. The van der Waals surface area contributed by atoms with Crippen molar-refractivity contribution in [3.8, 4) is 5.75 Å². The first-order chi connectivity index (χ1) is 11.1. The number of hydrogen-bond acceptors (Lipinski definition) is 3. The lowest BCUT2D eigenvalue weighted by Crippen LogP contribution is -2.05. The number of aromatic nitrogens is 2. The highest BCUT2D eigenvalue weighted by Crippen LogP contribution is 2.24. The molecule has 3 rings (SSSR count). The van der Waals surface area contributed by atoms with Crippen LogP contribution in [-0.4, -0.2) is 16.7 Å². The Morgan fingerprint density at radius 2 is 1.96 bits per heavy atom. The van der Waals surface area contributed by atoms with E-state index in [1.165, 1.54) is 5.56 Å². The van der Waals surface area contributed by atoms with Crippen LogP contribution in [0.25, 0.3) is 11.0 Å². The molecular formula is C19H21N3O. The zero-order valence-electron chi connectivity index (χ0n) is 13.5. The SMILES string of the molecule is C=C(C)Cn1c(Cc2ccc(OC)cc2)nc2c(N)cccc21. The second kappa shape index (κ2) is 6.16. The van der Waals surface area contributed by atoms with Gasteiger partial charge in [0.25, 0.3) is 0 Å². The van der Waals surface area contributed by atoms with Crippen LogP contribution in [0, 0.1) is 0 Å². The lowest BCUT2D eigenvalue weighted by molar-refractivity contribution is 0.414. The molecular weight excluding hydrogens is 286 g/mol. The van der Waals surface area contributed by atoms with E-state index in [0.29, 0.717) is 5.69 Å². The van der Waals surface area contributed by atoms with Crippen LogP contribution in [0.4, 0.5) is 5.69 Å². The summed E-state index contributed by atoms with van der Waals surface area (Å²) in [7, 11) is 1.67. The van der Waals surface area contributed by atoms with Crippen molar-refractivity contribution in [1.82, 2.24) is 9.55 Å². The summed E-state index contributed by atoms with van der Waals surface area (Å²) in [6.45, 7) is 6.80. The Balaban J connectivity index is 2.04. The smallest absolute Gasteiger partial charge is 0.118 e. The first kappa shape index (κ1) is 15.2. The Morgan fingerprint density at radius 1 is 1.22 bits per heavy atom. The van der Waals surface area contributed by atoms with E-state index in [1.807, 2.05) is 31.2 Å². The van der Waals surface area contributed by atoms with Gasteiger partial charge < -0.3 is 15.0 Å². The van der Waals surface area contributed by atoms with Crippen LogP contribution >= 0.6 is 0 Å². The van der Waals surface area contributed by atoms with Crippen molar-refractivity contribution >= 4 is 16.7 Å². The van der Waals surface area contributed by atoms with Crippen LogP contribution in [0.2, 0.25) is 0 Å². The molecule has 0 aliphatic carbocycles. The normalized spacial score (nSPS) is 10.9. The molecule has 2 aromatic carbocycles. The van der Waals surface area contributed by atoms with Crippen molar-refractivity contribution < 1.29 is 4.74 Å². The molecule has 1 aromatic heterocycles. The quantitative estimate of drug-likeness (QED) is 0.576. The third-order valence-corrected chi connectivity index (χ3v) is 3.84. The summed E-state index contributed by atoms with van der Waals surface area (Å²) in [5.74, 6) is 1.85. The van der Waals surface area contributed by atoms with Crippen molar-refractivity contribution in [1.29, 1.82) is 0 Å². The molecule has 4 nitrogen and oxygen atoms in total. The van der Waals surface area contributed by atoms with E-state index in [4.69, 9.17) is 15.5 Å². The zero-order chi connectivity index (χ0) is 16.4. The molecule has 1 heterocycles. The molecule has 118 valence electrons. The highest BCUT2D eigenvalue weighted by atomic mass is 16.5. The molecule has 0 amide bonds. The Labute approximate surface area is 136 Å². The summed E-state index contributed by atoms with van der Waals surface area (Å²) in [6.07, 6.45) is 0.741. The van der Waals surface area contributed by atoms with Gasteiger partial charge >= 0.3 is 0 Å². The monoisotopic (exact) mass is 307 g/mol. The van der Waals surface area contributed by atoms with E-state index in [0.717, 1.165) is 41.1 Å². The van der Waals surface area contributed by atoms with Crippen LogP contribution in [0.1, 0.15) is 18.3 Å². The minimum Gasteiger partial charge on any atom is -0.497 e. The number of nitrogens with two attached hydrogens (primary N) is 1. The van der Waals surface area contributed by atoms with Gasteiger partial charge in [0, 0.05) is 13.0 Å². The van der Waals surface area contributed by atoms with Gasteiger partial charge in [-0.1, -0.05) is 30.4 Å². The first-order valence-electron chi connectivity index (χ1n) is 7.59. The van der Waals surface area contributed by atoms with Crippen molar-refractivity contribution in [2.24, 2.45) is 0 Å². The highest BCUT2D eigenvalue weighted by Gasteiger charge is 2.13. The summed E-state index contributed by atoms with van der Waals surface area (Å²) in [5.41, 5.74) is 11.0. The maximum Gasteiger partial charge on any atom is 0.118 e. The van der Waals surface area contributed by atoms with Crippen LogP contribution in [0.5, 0.6) is 5.75 Å². The summed E-state index contributed by atoms with van der Waals surface area (Å²) in [6, 6.07) is 14.0. The third-order valence-electron chi connectivity index (χ3n) is 3.84. The van der Waals surface area contributed by atoms with E-state index in [9.17, 15) is 0 Å². The van der Waals surface area contributed by atoms with E-state index in [-0.39, 0.29) is 0 Å². The number of nitrogen functional groups attached to an aromatic ring is 1. The number of anilines is 1. The number of ether oxygens (including phenoxy) is 1. The lowest BCUT2D eigenvalue weighted by atomic mass is 10.1. The zero-order valence-corrected chi connectivity index (χ0v) is 13.5. The van der Waals surface area contributed by atoms with Gasteiger partial charge in [-0.05, 0) is 36.8 Å². The van der Waals surface area contributed by atoms with E-state index >= 15 is 0 Å². The Morgan fingerprint density at radius 3 is 2.61 bits per heavy atom. The van der Waals surface area contributed by atoms with Gasteiger partial charge in [0.05, 0.1) is 18.3 Å². The van der Waals surface area contributed by atoms with Gasteiger partial charge in [-0.15, -0.1) is 0 Å². The Kier molecular flexibility index (Phi) is 4.06. The molecule has 0 bridgehead atoms. The number of hydrogen-bond donors (Lipinski definition) is 1. The molecule has 0 saturated carbocycles. The lowest BCUT2D eigenvalue weighted by Gasteiger charge is -2.09. The Bertz CT molecular complexity index is 847. The van der Waals surface area contributed by atoms with Crippen LogP contribution in [0.3, 0.4) is 0 Å². The minimum atomic E-state index is 0.707. The molecule has 0 spiro atoms. The summed E-state index contributed by atoms with van der Waals surface area (Å²) >= 11 is 0. The van der Waals surface area contributed by atoms with Gasteiger partial charge in [-0.3, -0.25) is 0 Å². The van der Waals surface area contributed by atoms with Gasteiger partial charge in [0.1, 0.15) is 17.1 Å². The number of methoxy groups -OCH3 is 1. The van der Waals surface area contributed by atoms with Crippen molar-refractivity contribution in [3.63, 3.8) is 0 Å². The number of nitrogens with zero attached hydrogens (tertiary/aromatic N) is 2.